The maximum absolute atomic E-state index is 12.7. The minimum atomic E-state index is -0.181. The van der Waals surface area contributed by atoms with E-state index in [-0.39, 0.29) is 17.3 Å². The zero-order valence-corrected chi connectivity index (χ0v) is 18.7. The summed E-state index contributed by atoms with van der Waals surface area (Å²) in [4.78, 5) is 32.8. The molecule has 1 amide bonds. The smallest absolute Gasteiger partial charge is 0.348 e. The molecule has 1 N–H and O–H groups in total. The van der Waals surface area contributed by atoms with Crippen LogP contribution in [0.4, 0.5) is 0 Å². The third kappa shape index (κ3) is 5.51. The van der Waals surface area contributed by atoms with Crippen molar-refractivity contribution in [1.82, 2.24) is 19.8 Å². The van der Waals surface area contributed by atoms with Gasteiger partial charge >= 0.3 is 5.69 Å². The van der Waals surface area contributed by atoms with E-state index in [0.29, 0.717) is 13.1 Å². The zero-order valence-electron chi connectivity index (χ0n) is 17.1. The van der Waals surface area contributed by atoms with Crippen molar-refractivity contribution < 1.29 is 9.53 Å². The van der Waals surface area contributed by atoms with Gasteiger partial charge in [-0.1, -0.05) is 17.8 Å². The number of hydrogen-bond acceptors (Lipinski definition) is 7. The number of carbonyl (C=O) groups excluding carboxylic acids is 1. The Morgan fingerprint density at radius 1 is 1.27 bits per heavy atom. The molecule has 1 aliphatic heterocycles. The van der Waals surface area contributed by atoms with Crippen LogP contribution in [0.2, 0.25) is 0 Å². The van der Waals surface area contributed by atoms with Crippen LogP contribution in [0.3, 0.4) is 0 Å². The Hall–Kier alpha value is -1.68. The van der Waals surface area contributed by atoms with Gasteiger partial charge in [0.1, 0.15) is 5.03 Å². The van der Waals surface area contributed by atoms with Crippen molar-refractivity contribution in [2.45, 2.75) is 43.8 Å². The summed E-state index contributed by atoms with van der Waals surface area (Å²) >= 11 is 3.01. The van der Waals surface area contributed by atoms with E-state index >= 15 is 0 Å². The number of ether oxygens (including phenoxy) is 1. The molecule has 162 valence electrons. The number of thioether (sulfide) groups is 1. The van der Waals surface area contributed by atoms with Crippen molar-refractivity contribution in [2.24, 2.45) is 0 Å². The fraction of sp³-hybridized carbons (Fsp3) is 0.571. The first-order valence-corrected chi connectivity index (χ1v) is 12.4. The summed E-state index contributed by atoms with van der Waals surface area (Å²) in [6.45, 7) is 5.76. The Bertz CT molecular complexity index is 908. The van der Waals surface area contributed by atoms with Crippen molar-refractivity contribution in [2.75, 3.05) is 38.6 Å². The second-order valence-corrected chi connectivity index (χ2v) is 9.58. The van der Waals surface area contributed by atoms with Gasteiger partial charge < -0.3 is 10.1 Å². The largest absolute Gasteiger partial charge is 0.379 e. The number of hydrogen-bond donors (Lipinski definition) is 1. The first kappa shape index (κ1) is 21.5. The average Bonchev–Trinajstić information content (AvgIpc) is 3.45. The molecule has 30 heavy (non-hydrogen) atoms. The minimum Gasteiger partial charge on any atom is -0.379 e. The summed E-state index contributed by atoms with van der Waals surface area (Å²) in [6, 6.07) is 3.98. The molecule has 0 spiro atoms. The summed E-state index contributed by atoms with van der Waals surface area (Å²) < 4.78 is 7.26. The van der Waals surface area contributed by atoms with Gasteiger partial charge in [-0.25, -0.2) is 4.79 Å². The molecule has 0 aromatic carbocycles. The van der Waals surface area contributed by atoms with Gasteiger partial charge in [0.25, 0.3) is 0 Å². The molecule has 0 atom stereocenters. The van der Waals surface area contributed by atoms with Crippen molar-refractivity contribution in [1.29, 1.82) is 0 Å². The molecule has 2 aromatic heterocycles. The van der Waals surface area contributed by atoms with Gasteiger partial charge in [-0.3, -0.25) is 14.3 Å². The van der Waals surface area contributed by atoms with E-state index in [0.717, 1.165) is 79.7 Å². The SMILES string of the molecule is O=C(CSc1nc(=O)n(CCCN2CCOCC2)c2c1CCC2)NCc1cccs1. The lowest BCUT2D eigenvalue weighted by Gasteiger charge is -2.26. The topological polar surface area (TPSA) is 76.5 Å². The van der Waals surface area contributed by atoms with Crippen LogP contribution in [-0.4, -0.2) is 59.0 Å². The lowest BCUT2D eigenvalue weighted by Crippen LogP contribution is -2.37. The van der Waals surface area contributed by atoms with Crippen LogP contribution in [0.5, 0.6) is 0 Å². The Morgan fingerprint density at radius 3 is 2.93 bits per heavy atom. The van der Waals surface area contributed by atoms with Gasteiger partial charge in [-0.05, 0) is 37.1 Å². The number of nitrogens with zero attached hydrogens (tertiary/aromatic N) is 3. The van der Waals surface area contributed by atoms with E-state index in [2.05, 4.69) is 15.2 Å². The van der Waals surface area contributed by atoms with Crippen LogP contribution in [0.25, 0.3) is 0 Å². The van der Waals surface area contributed by atoms with Crippen molar-refractivity contribution in [3.63, 3.8) is 0 Å². The predicted molar refractivity (Wildman–Crippen MR) is 119 cm³/mol. The van der Waals surface area contributed by atoms with E-state index in [4.69, 9.17) is 4.74 Å². The molecule has 2 aliphatic rings. The number of nitrogens with one attached hydrogen (secondary N) is 1. The summed E-state index contributed by atoms with van der Waals surface area (Å²) in [6.07, 6.45) is 3.84. The van der Waals surface area contributed by atoms with Gasteiger partial charge in [0.05, 0.1) is 25.5 Å². The highest BCUT2D eigenvalue weighted by Crippen LogP contribution is 2.29. The Balaban J connectivity index is 1.34. The van der Waals surface area contributed by atoms with E-state index in [9.17, 15) is 9.59 Å². The van der Waals surface area contributed by atoms with E-state index in [1.54, 1.807) is 11.3 Å². The summed E-state index contributed by atoms with van der Waals surface area (Å²) in [5, 5.41) is 5.67. The molecule has 0 radical (unpaired) electrons. The standard InChI is InChI=1S/C21H28N4O3S2/c26-19(22-14-16-4-2-13-29-16)15-30-20-17-5-1-6-18(17)25(21(27)23-20)8-3-7-24-9-11-28-12-10-24/h2,4,13H,1,3,5-12,14-15H2,(H,22,26). The van der Waals surface area contributed by atoms with Crippen LogP contribution in [0.1, 0.15) is 29.0 Å². The van der Waals surface area contributed by atoms with Gasteiger partial charge in [-0.15, -0.1) is 11.3 Å². The molecule has 0 bridgehead atoms. The van der Waals surface area contributed by atoms with Crippen molar-refractivity contribution in [3.05, 3.63) is 44.1 Å². The fourth-order valence-electron chi connectivity index (χ4n) is 4.00. The predicted octanol–water partition coefficient (Wildman–Crippen LogP) is 1.92. The van der Waals surface area contributed by atoms with Gasteiger partial charge in [-0.2, -0.15) is 4.98 Å². The van der Waals surface area contributed by atoms with Gasteiger partial charge in [0.2, 0.25) is 5.91 Å². The number of fused-ring (bicyclic) bond motifs is 1. The maximum Gasteiger partial charge on any atom is 0.348 e. The molecule has 7 nitrogen and oxygen atoms in total. The van der Waals surface area contributed by atoms with Crippen LogP contribution < -0.4 is 11.0 Å². The number of rotatable bonds is 9. The third-order valence-corrected chi connectivity index (χ3v) is 7.43. The summed E-state index contributed by atoms with van der Waals surface area (Å²) in [5.74, 6) is 0.252. The Labute approximate surface area is 184 Å². The molecule has 4 rings (SSSR count). The average molecular weight is 449 g/mol. The first-order valence-electron chi connectivity index (χ1n) is 10.6. The number of aromatic nitrogens is 2. The molecular weight excluding hydrogens is 420 g/mol. The van der Waals surface area contributed by atoms with E-state index < -0.39 is 0 Å². The van der Waals surface area contributed by atoms with Crippen molar-refractivity contribution >= 4 is 29.0 Å². The minimum absolute atomic E-state index is 0.0309. The third-order valence-electron chi connectivity index (χ3n) is 5.54. The molecule has 0 unspecified atom stereocenters. The fourth-order valence-corrected chi connectivity index (χ4v) is 5.55. The van der Waals surface area contributed by atoms with Crippen LogP contribution in [0, 0.1) is 0 Å². The van der Waals surface area contributed by atoms with Gasteiger partial charge in [0, 0.05) is 42.3 Å². The first-order chi connectivity index (χ1) is 14.7. The number of carbonyl (C=O) groups is 1. The monoisotopic (exact) mass is 448 g/mol. The molecule has 1 aliphatic carbocycles. The van der Waals surface area contributed by atoms with Gasteiger partial charge in [0.15, 0.2) is 0 Å². The summed E-state index contributed by atoms with van der Waals surface area (Å²) in [7, 11) is 0. The molecule has 2 aromatic rings. The maximum atomic E-state index is 12.7. The summed E-state index contributed by atoms with van der Waals surface area (Å²) in [5.41, 5.74) is 2.11. The highest BCUT2D eigenvalue weighted by Gasteiger charge is 2.22. The lowest BCUT2D eigenvalue weighted by molar-refractivity contribution is -0.118. The van der Waals surface area contributed by atoms with E-state index in [1.165, 1.54) is 11.8 Å². The quantitative estimate of drug-likeness (QED) is 0.467. The second kappa shape index (κ2) is 10.6. The van der Waals surface area contributed by atoms with Crippen LogP contribution in [0.15, 0.2) is 27.3 Å². The van der Waals surface area contributed by atoms with Crippen molar-refractivity contribution in [3.8, 4) is 0 Å². The molecular formula is C21H28N4O3S2. The van der Waals surface area contributed by atoms with Crippen LogP contribution in [-0.2, 0) is 35.5 Å². The molecule has 1 fully saturated rings. The zero-order chi connectivity index (χ0) is 20.8. The number of amides is 1. The second-order valence-electron chi connectivity index (χ2n) is 7.58. The molecule has 1 saturated heterocycles. The number of thiophene rings is 1. The number of morpholine rings is 1. The highest BCUT2D eigenvalue weighted by molar-refractivity contribution is 7.99. The Morgan fingerprint density at radius 2 is 2.13 bits per heavy atom. The molecule has 9 heteroatoms. The van der Waals surface area contributed by atoms with Crippen LogP contribution >= 0.6 is 23.1 Å². The lowest BCUT2D eigenvalue weighted by atomic mass is 10.2. The molecule has 3 heterocycles. The Kier molecular flexibility index (Phi) is 7.59. The molecule has 0 saturated carbocycles. The normalized spacial score (nSPS) is 16.5. The highest BCUT2D eigenvalue weighted by atomic mass is 32.2. The van der Waals surface area contributed by atoms with E-state index in [1.807, 2.05) is 22.1 Å².